The van der Waals surface area contributed by atoms with Gasteiger partial charge in [0.1, 0.15) is 0 Å². The number of nitrogens with two attached hydrogens (primary N) is 1. The molecular formula is C29H34N4O. The lowest BCUT2D eigenvalue weighted by molar-refractivity contribution is 0.0951. The number of rotatable bonds is 3. The van der Waals surface area contributed by atoms with Crippen LogP contribution in [0.25, 0.3) is 22.2 Å². The average molecular weight is 455 g/mol. The first-order chi connectivity index (χ1) is 16.7. The van der Waals surface area contributed by atoms with Crippen LogP contribution in [-0.4, -0.2) is 29.6 Å². The molecule has 0 unspecified atom stereocenters. The van der Waals surface area contributed by atoms with E-state index < -0.39 is 0 Å². The van der Waals surface area contributed by atoms with Crippen molar-refractivity contribution in [1.29, 1.82) is 0 Å². The van der Waals surface area contributed by atoms with Crippen LogP contribution in [0.5, 0.6) is 0 Å². The third kappa shape index (κ3) is 3.20. The minimum absolute atomic E-state index is 0.0704. The maximum atomic E-state index is 12.9. The van der Waals surface area contributed by atoms with Gasteiger partial charge in [0.25, 0.3) is 5.91 Å². The van der Waals surface area contributed by atoms with Crippen LogP contribution in [0.15, 0.2) is 36.4 Å². The van der Waals surface area contributed by atoms with Crippen molar-refractivity contribution in [2.75, 3.05) is 18.0 Å². The summed E-state index contributed by atoms with van der Waals surface area (Å²) in [5.41, 5.74) is 15.5. The minimum atomic E-state index is 0.0704. The lowest BCUT2D eigenvalue weighted by Gasteiger charge is -2.35. The van der Waals surface area contributed by atoms with Crippen LogP contribution in [0.3, 0.4) is 0 Å². The molecule has 34 heavy (non-hydrogen) atoms. The number of amides is 1. The van der Waals surface area contributed by atoms with E-state index >= 15 is 0 Å². The number of nitrogens with zero attached hydrogens (tertiary/aromatic N) is 2. The van der Waals surface area contributed by atoms with Crippen LogP contribution < -0.4 is 16.0 Å². The largest absolute Gasteiger partial charge is 0.369 e. The van der Waals surface area contributed by atoms with Crippen LogP contribution in [0.1, 0.15) is 84.8 Å². The maximum absolute atomic E-state index is 12.9. The molecule has 3 aromatic rings. The van der Waals surface area contributed by atoms with E-state index in [1.165, 1.54) is 71.1 Å². The summed E-state index contributed by atoms with van der Waals surface area (Å²) in [4.78, 5) is 15.5. The van der Waals surface area contributed by atoms with Crippen molar-refractivity contribution in [3.05, 3.63) is 53.1 Å². The molecule has 1 atom stereocenters. The van der Waals surface area contributed by atoms with Gasteiger partial charge in [-0.05, 0) is 61.3 Å². The zero-order chi connectivity index (χ0) is 22.8. The number of nitrogens with one attached hydrogen (secondary N) is 1. The molecule has 2 aromatic carbocycles. The van der Waals surface area contributed by atoms with Crippen molar-refractivity contribution in [1.82, 2.24) is 9.88 Å². The van der Waals surface area contributed by atoms with E-state index in [-0.39, 0.29) is 11.9 Å². The Morgan fingerprint density at radius 3 is 2.62 bits per heavy atom. The molecule has 0 spiro atoms. The van der Waals surface area contributed by atoms with Crippen molar-refractivity contribution < 1.29 is 4.79 Å². The molecule has 176 valence electrons. The maximum Gasteiger partial charge on any atom is 0.251 e. The van der Waals surface area contributed by atoms with E-state index in [2.05, 4.69) is 51.2 Å². The summed E-state index contributed by atoms with van der Waals surface area (Å²) < 4.78 is 2.53. The molecule has 2 aliphatic carbocycles. The second-order valence-corrected chi connectivity index (χ2v) is 10.9. The number of carbonyl (C=O) groups excluding carboxylic acids is 1. The summed E-state index contributed by atoms with van der Waals surface area (Å²) in [6.45, 7) is 2.94. The zero-order valence-electron chi connectivity index (χ0n) is 19.9. The third-order valence-corrected chi connectivity index (χ3v) is 8.63. The van der Waals surface area contributed by atoms with Crippen molar-refractivity contribution in [2.45, 2.75) is 75.9 Å². The first-order valence-corrected chi connectivity index (χ1v) is 13.3. The molecular weight excluding hydrogens is 420 g/mol. The molecule has 0 saturated heterocycles. The molecule has 7 rings (SSSR count). The first-order valence-electron chi connectivity index (χ1n) is 13.3. The van der Waals surface area contributed by atoms with Gasteiger partial charge in [-0.2, -0.15) is 0 Å². The fraction of sp³-hybridized carbons (Fsp3) is 0.483. The SMILES string of the molecule is N[C@@H]1CCN2CCn3c(c(C4CCCCC4)c4ccc(C(=O)NC5CC5)cc43)-c3cccc1c32. The summed E-state index contributed by atoms with van der Waals surface area (Å²) in [5, 5.41) is 4.52. The lowest BCUT2D eigenvalue weighted by atomic mass is 9.81. The van der Waals surface area contributed by atoms with Crippen LogP contribution in [0.2, 0.25) is 0 Å². The van der Waals surface area contributed by atoms with E-state index in [9.17, 15) is 4.79 Å². The predicted molar refractivity (Wildman–Crippen MR) is 137 cm³/mol. The highest BCUT2D eigenvalue weighted by molar-refractivity contribution is 6.02. The number of carbonyl (C=O) groups is 1. The van der Waals surface area contributed by atoms with Crippen LogP contribution in [0, 0.1) is 0 Å². The third-order valence-electron chi connectivity index (χ3n) is 8.63. The summed E-state index contributed by atoms with van der Waals surface area (Å²) in [7, 11) is 0. The van der Waals surface area contributed by atoms with Crippen molar-refractivity contribution in [3.8, 4) is 11.3 Å². The van der Waals surface area contributed by atoms with E-state index in [0.29, 0.717) is 12.0 Å². The van der Waals surface area contributed by atoms with E-state index in [4.69, 9.17) is 5.73 Å². The van der Waals surface area contributed by atoms with Gasteiger partial charge in [-0.1, -0.05) is 43.5 Å². The topological polar surface area (TPSA) is 63.3 Å². The van der Waals surface area contributed by atoms with Crippen molar-refractivity contribution >= 4 is 22.5 Å². The van der Waals surface area contributed by atoms with Gasteiger partial charge >= 0.3 is 0 Å². The molecule has 2 fully saturated rings. The Morgan fingerprint density at radius 2 is 1.79 bits per heavy atom. The molecule has 0 bridgehead atoms. The number of hydrogen-bond acceptors (Lipinski definition) is 3. The first kappa shape index (κ1) is 20.6. The Kier molecular flexibility index (Phi) is 4.77. The highest BCUT2D eigenvalue weighted by Gasteiger charge is 2.34. The predicted octanol–water partition coefficient (Wildman–Crippen LogP) is 5.47. The summed E-state index contributed by atoms with van der Waals surface area (Å²) in [6.07, 6.45) is 9.70. The molecule has 1 amide bonds. The minimum Gasteiger partial charge on any atom is -0.369 e. The number of anilines is 1. The number of fused-ring (bicyclic) bond motifs is 4. The highest BCUT2D eigenvalue weighted by Crippen LogP contribution is 2.49. The second kappa shape index (κ2) is 7.88. The standard InChI is InChI=1S/C29H34N4O/c30-24-13-14-32-15-16-33-25-17-19(29(34)31-20-10-11-20)9-12-22(25)26(18-5-2-1-3-6-18)28(33)23-8-4-7-21(24)27(23)32/h4,7-9,12,17-18,20,24H,1-3,5-6,10-11,13-16,30H2,(H,31,34)/t24-/m1/s1. The van der Waals surface area contributed by atoms with Crippen LogP contribution >= 0.6 is 0 Å². The van der Waals surface area contributed by atoms with Gasteiger partial charge in [0.15, 0.2) is 0 Å². The Labute approximate surface area is 201 Å². The van der Waals surface area contributed by atoms with Gasteiger partial charge in [0, 0.05) is 53.7 Å². The van der Waals surface area contributed by atoms with Gasteiger partial charge in [0.05, 0.1) is 11.4 Å². The average Bonchev–Trinajstić information content (AvgIpc) is 3.65. The van der Waals surface area contributed by atoms with E-state index in [1.54, 1.807) is 0 Å². The molecule has 3 N–H and O–H groups in total. The van der Waals surface area contributed by atoms with E-state index in [0.717, 1.165) is 44.5 Å². The zero-order valence-corrected chi connectivity index (χ0v) is 19.9. The van der Waals surface area contributed by atoms with Gasteiger partial charge < -0.3 is 20.5 Å². The summed E-state index contributed by atoms with van der Waals surface area (Å²) >= 11 is 0. The molecule has 2 aliphatic heterocycles. The molecule has 0 radical (unpaired) electrons. The molecule has 3 heterocycles. The van der Waals surface area contributed by atoms with Crippen LogP contribution in [0.4, 0.5) is 5.69 Å². The van der Waals surface area contributed by atoms with Gasteiger partial charge in [-0.3, -0.25) is 4.79 Å². The van der Waals surface area contributed by atoms with E-state index in [1.807, 2.05) is 0 Å². The number of para-hydroxylation sites is 1. The number of benzene rings is 2. The molecule has 5 heteroatoms. The molecule has 2 saturated carbocycles. The Hall–Kier alpha value is -2.79. The van der Waals surface area contributed by atoms with Crippen LogP contribution in [-0.2, 0) is 6.54 Å². The quantitative estimate of drug-likeness (QED) is 0.551. The lowest BCUT2D eigenvalue weighted by Crippen LogP contribution is -2.35. The van der Waals surface area contributed by atoms with Gasteiger partial charge in [-0.15, -0.1) is 0 Å². The van der Waals surface area contributed by atoms with Crippen molar-refractivity contribution in [3.63, 3.8) is 0 Å². The van der Waals surface area contributed by atoms with Gasteiger partial charge in [0.2, 0.25) is 0 Å². The smallest absolute Gasteiger partial charge is 0.251 e. The fourth-order valence-electron chi connectivity index (χ4n) is 6.75. The summed E-state index contributed by atoms with van der Waals surface area (Å²) in [5.74, 6) is 0.652. The summed E-state index contributed by atoms with van der Waals surface area (Å²) in [6, 6.07) is 13.7. The highest BCUT2D eigenvalue weighted by atomic mass is 16.1. The van der Waals surface area contributed by atoms with Crippen molar-refractivity contribution in [2.24, 2.45) is 5.73 Å². The molecule has 4 aliphatic rings. The molecule has 5 nitrogen and oxygen atoms in total. The normalized spacial score (nSPS) is 22.3. The Balaban J connectivity index is 1.47. The number of aromatic nitrogens is 1. The second-order valence-electron chi connectivity index (χ2n) is 10.9. The Morgan fingerprint density at radius 1 is 0.941 bits per heavy atom. The molecule has 1 aromatic heterocycles. The monoisotopic (exact) mass is 454 g/mol. The Bertz CT molecular complexity index is 1280. The van der Waals surface area contributed by atoms with Gasteiger partial charge in [-0.25, -0.2) is 0 Å². The number of hydrogen-bond donors (Lipinski definition) is 2. The fourth-order valence-corrected chi connectivity index (χ4v) is 6.75.